The third-order valence-electron chi connectivity index (χ3n) is 4.89. The molecule has 0 aliphatic rings. The number of aryl methyl sites for hydroxylation is 2. The average molecular weight is 441 g/mol. The van der Waals surface area contributed by atoms with Crippen LogP contribution in [0.2, 0.25) is 0 Å². The Bertz CT molecular complexity index is 1340. The lowest BCUT2D eigenvalue weighted by molar-refractivity contribution is -0.137. The van der Waals surface area contributed by atoms with Crippen LogP contribution in [0.4, 0.5) is 18.9 Å². The van der Waals surface area contributed by atoms with Crippen molar-refractivity contribution < 1.29 is 18.0 Å². The molecule has 0 saturated carbocycles. The molecule has 0 unspecified atom stereocenters. The second-order valence-electron chi connectivity index (χ2n) is 7.25. The summed E-state index contributed by atoms with van der Waals surface area (Å²) in [4.78, 5) is 29.3. The second kappa shape index (κ2) is 8.29. The van der Waals surface area contributed by atoms with Crippen molar-refractivity contribution in [3.05, 3.63) is 82.5 Å². The van der Waals surface area contributed by atoms with E-state index in [4.69, 9.17) is 0 Å². The minimum atomic E-state index is -4.50. The number of rotatable bonds is 5. The third-order valence-corrected chi connectivity index (χ3v) is 4.89. The van der Waals surface area contributed by atoms with Gasteiger partial charge in [-0.25, -0.2) is 9.67 Å². The molecule has 0 fully saturated rings. The van der Waals surface area contributed by atoms with Crippen molar-refractivity contribution >= 4 is 22.6 Å². The monoisotopic (exact) mass is 441 g/mol. The Morgan fingerprint density at radius 1 is 1.12 bits per heavy atom. The molecule has 2 aromatic heterocycles. The molecular weight excluding hydrogens is 423 g/mol. The molecule has 164 valence electrons. The van der Waals surface area contributed by atoms with Crippen LogP contribution in [0, 0.1) is 6.92 Å². The van der Waals surface area contributed by atoms with Crippen LogP contribution in [-0.4, -0.2) is 25.2 Å². The predicted octanol–water partition coefficient (Wildman–Crippen LogP) is 3.94. The molecule has 0 atom stereocenters. The lowest BCUT2D eigenvalue weighted by atomic mass is 10.2. The van der Waals surface area contributed by atoms with Crippen LogP contribution < -0.4 is 10.9 Å². The van der Waals surface area contributed by atoms with Crippen LogP contribution >= 0.6 is 0 Å². The first kappa shape index (κ1) is 21.3. The molecular formula is C22H18F3N5O2. The highest BCUT2D eigenvalue weighted by molar-refractivity contribution is 5.90. The van der Waals surface area contributed by atoms with E-state index in [-0.39, 0.29) is 24.2 Å². The number of nitrogens with zero attached hydrogens (tertiary/aromatic N) is 4. The van der Waals surface area contributed by atoms with Crippen LogP contribution in [0.15, 0.2) is 65.8 Å². The van der Waals surface area contributed by atoms with E-state index in [1.54, 1.807) is 4.68 Å². The zero-order valence-corrected chi connectivity index (χ0v) is 16.9. The number of benzene rings is 2. The first-order chi connectivity index (χ1) is 15.2. The Labute approximate surface area is 180 Å². The van der Waals surface area contributed by atoms with Gasteiger partial charge >= 0.3 is 6.18 Å². The van der Waals surface area contributed by atoms with E-state index >= 15 is 0 Å². The molecule has 0 bridgehead atoms. The van der Waals surface area contributed by atoms with Gasteiger partial charge in [-0.3, -0.25) is 14.2 Å². The highest BCUT2D eigenvalue weighted by atomic mass is 19.4. The third kappa shape index (κ3) is 4.39. The standard InChI is InChI=1S/C22H18F3N5O2/c1-14-5-7-17(8-6-14)30-20-18(12-27-30)21(32)29(13-26-20)10-9-19(31)28-16-4-2-3-15(11-16)22(23,24)25/h2-8,11-13H,9-10H2,1H3,(H,28,31). The number of hydrogen-bond acceptors (Lipinski definition) is 4. The highest BCUT2D eigenvalue weighted by Gasteiger charge is 2.30. The van der Waals surface area contributed by atoms with Crippen molar-refractivity contribution in [2.24, 2.45) is 0 Å². The summed E-state index contributed by atoms with van der Waals surface area (Å²) in [6.07, 6.45) is -1.87. The summed E-state index contributed by atoms with van der Waals surface area (Å²) in [7, 11) is 0. The Kier molecular flexibility index (Phi) is 5.52. The molecule has 0 aliphatic heterocycles. The fourth-order valence-electron chi connectivity index (χ4n) is 3.20. The summed E-state index contributed by atoms with van der Waals surface area (Å²) >= 11 is 0. The average Bonchev–Trinajstić information content (AvgIpc) is 3.18. The van der Waals surface area contributed by atoms with Gasteiger partial charge in [-0.15, -0.1) is 0 Å². The summed E-state index contributed by atoms with van der Waals surface area (Å²) in [5.41, 5.74) is 1.06. The molecule has 7 nitrogen and oxygen atoms in total. The van der Waals surface area contributed by atoms with E-state index in [0.717, 1.165) is 23.4 Å². The zero-order valence-electron chi connectivity index (χ0n) is 16.9. The van der Waals surface area contributed by atoms with E-state index < -0.39 is 17.6 Å². The first-order valence-electron chi connectivity index (χ1n) is 9.70. The lowest BCUT2D eigenvalue weighted by Crippen LogP contribution is -2.23. The minimum absolute atomic E-state index is 0.0162. The molecule has 2 aromatic carbocycles. The fraction of sp³-hybridized carbons (Fsp3) is 0.182. The van der Waals surface area contributed by atoms with Crippen molar-refractivity contribution in [2.45, 2.75) is 26.1 Å². The summed E-state index contributed by atoms with van der Waals surface area (Å²) in [5.74, 6) is -0.522. The maximum absolute atomic E-state index is 12.8. The van der Waals surface area contributed by atoms with E-state index in [9.17, 15) is 22.8 Å². The van der Waals surface area contributed by atoms with Crippen LogP contribution in [0.25, 0.3) is 16.7 Å². The van der Waals surface area contributed by atoms with Crippen LogP contribution in [-0.2, 0) is 17.5 Å². The van der Waals surface area contributed by atoms with E-state index in [1.165, 1.54) is 29.2 Å². The molecule has 4 aromatic rings. The molecule has 2 heterocycles. The lowest BCUT2D eigenvalue weighted by Gasteiger charge is -2.10. The van der Waals surface area contributed by atoms with Crippen LogP contribution in [0.3, 0.4) is 0 Å². The van der Waals surface area contributed by atoms with Crippen molar-refractivity contribution in [1.82, 2.24) is 19.3 Å². The van der Waals surface area contributed by atoms with Gasteiger partial charge in [0.25, 0.3) is 5.56 Å². The molecule has 10 heteroatoms. The molecule has 0 aliphatic carbocycles. The summed E-state index contributed by atoms with van der Waals surface area (Å²) in [6.45, 7) is 1.98. The number of aromatic nitrogens is 4. The number of amides is 1. The normalized spacial score (nSPS) is 11.6. The fourth-order valence-corrected chi connectivity index (χ4v) is 3.20. The Hall–Kier alpha value is -3.95. The summed E-state index contributed by atoms with van der Waals surface area (Å²) in [5, 5.41) is 6.96. The van der Waals surface area contributed by atoms with Gasteiger partial charge in [0.2, 0.25) is 5.91 Å². The number of anilines is 1. The van der Waals surface area contributed by atoms with Gasteiger partial charge in [0, 0.05) is 18.7 Å². The van der Waals surface area contributed by atoms with E-state index in [0.29, 0.717) is 11.0 Å². The van der Waals surface area contributed by atoms with Crippen molar-refractivity contribution in [2.75, 3.05) is 5.32 Å². The molecule has 4 rings (SSSR count). The number of halogens is 3. The highest BCUT2D eigenvalue weighted by Crippen LogP contribution is 2.30. The van der Waals surface area contributed by atoms with Crippen LogP contribution in [0.5, 0.6) is 0 Å². The van der Waals surface area contributed by atoms with Crippen molar-refractivity contribution in [3.63, 3.8) is 0 Å². The molecule has 1 N–H and O–H groups in total. The predicted molar refractivity (Wildman–Crippen MR) is 113 cm³/mol. The van der Waals surface area contributed by atoms with E-state index in [2.05, 4.69) is 15.4 Å². The Morgan fingerprint density at radius 3 is 2.59 bits per heavy atom. The van der Waals surface area contributed by atoms with Gasteiger partial charge in [0.15, 0.2) is 5.65 Å². The first-order valence-corrected chi connectivity index (χ1v) is 9.70. The quantitative estimate of drug-likeness (QED) is 0.509. The van der Waals surface area contributed by atoms with E-state index in [1.807, 2.05) is 31.2 Å². The number of nitrogens with one attached hydrogen (secondary N) is 1. The largest absolute Gasteiger partial charge is 0.416 e. The molecule has 0 radical (unpaired) electrons. The van der Waals surface area contributed by atoms with Crippen molar-refractivity contribution in [1.29, 1.82) is 0 Å². The van der Waals surface area contributed by atoms with Crippen molar-refractivity contribution in [3.8, 4) is 5.69 Å². The molecule has 1 amide bonds. The van der Waals surface area contributed by atoms with Gasteiger partial charge in [0.1, 0.15) is 5.39 Å². The second-order valence-corrected chi connectivity index (χ2v) is 7.25. The number of carbonyl (C=O) groups is 1. The number of fused-ring (bicyclic) bond motifs is 1. The smallest absolute Gasteiger partial charge is 0.326 e. The van der Waals surface area contributed by atoms with Crippen LogP contribution in [0.1, 0.15) is 17.5 Å². The molecule has 32 heavy (non-hydrogen) atoms. The molecule has 0 spiro atoms. The summed E-state index contributed by atoms with van der Waals surface area (Å²) in [6, 6.07) is 11.9. The minimum Gasteiger partial charge on any atom is -0.326 e. The number of hydrogen-bond donors (Lipinski definition) is 1. The summed E-state index contributed by atoms with van der Waals surface area (Å²) < 4.78 is 41.3. The maximum atomic E-state index is 12.8. The molecule has 0 saturated heterocycles. The van der Waals surface area contributed by atoms with Gasteiger partial charge < -0.3 is 5.32 Å². The topological polar surface area (TPSA) is 81.8 Å². The Morgan fingerprint density at radius 2 is 1.88 bits per heavy atom. The van der Waals surface area contributed by atoms with Gasteiger partial charge in [-0.2, -0.15) is 18.3 Å². The van der Waals surface area contributed by atoms with Gasteiger partial charge in [0.05, 0.1) is 23.8 Å². The Balaban J connectivity index is 1.48. The SMILES string of the molecule is Cc1ccc(-n2ncc3c(=O)n(CCC(=O)Nc4cccc(C(F)(F)F)c4)cnc32)cc1. The maximum Gasteiger partial charge on any atom is 0.416 e. The van der Waals surface area contributed by atoms with Gasteiger partial charge in [-0.1, -0.05) is 23.8 Å². The number of carbonyl (C=O) groups excluding carboxylic acids is 1. The number of alkyl halides is 3. The van der Waals surface area contributed by atoms with Gasteiger partial charge in [-0.05, 0) is 37.3 Å². The zero-order chi connectivity index (χ0) is 22.9.